The van der Waals surface area contributed by atoms with Crippen molar-refractivity contribution < 1.29 is 4.42 Å². The molecule has 1 aromatic rings. The van der Waals surface area contributed by atoms with Gasteiger partial charge in [0.25, 0.3) is 5.35 Å². The van der Waals surface area contributed by atoms with E-state index in [9.17, 15) is 0 Å². The summed E-state index contributed by atoms with van der Waals surface area (Å²) in [7, 11) is 0. The molecule has 0 spiro atoms. The van der Waals surface area contributed by atoms with Crippen LogP contribution in [-0.4, -0.2) is 4.98 Å². The second-order valence-corrected chi connectivity index (χ2v) is 2.13. The first-order valence-corrected chi connectivity index (χ1v) is 2.95. The summed E-state index contributed by atoms with van der Waals surface area (Å²) in [5.74, 6) is 0.611. The molecule has 1 heterocycles. The van der Waals surface area contributed by atoms with Gasteiger partial charge in [0.2, 0.25) is 0 Å². The molecule has 0 amide bonds. The van der Waals surface area contributed by atoms with E-state index in [1.165, 1.54) is 6.20 Å². The topological polar surface area (TPSA) is 52.0 Å². The second kappa shape index (κ2) is 2.37. The van der Waals surface area contributed by atoms with E-state index in [4.69, 9.17) is 21.8 Å². The Labute approximate surface area is 57.8 Å². The van der Waals surface area contributed by atoms with Crippen molar-refractivity contribution in [1.82, 2.24) is 4.98 Å². The number of hydrogen-bond acceptors (Lipinski definition) is 3. The number of oxazole rings is 1. The molecule has 0 radical (unpaired) electrons. The molecule has 9 heavy (non-hydrogen) atoms. The van der Waals surface area contributed by atoms with Crippen molar-refractivity contribution in [3.63, 3.8) is 0 Å². The van der Waals surface area contributed by atoms with Gasteiger partial charge in [-0.1, -0.05) is 0 Å². The molecule has 1 unspecified atom stereocenters. The van der Waals surface area contributed by atoms with Crippen molar-refractivity contribution >= 4 is 11.6 Å². The van der Waals surface area contributed by atoms with E-state index >= 15 is 0 Å². The SMILES string of the molecule is CC(N)c1cnc(Cl)o1. The summed E-state index contributed by atoms with van der Waals surface area (Å²) < 4.78 is 4.87. The maximum atomic E-state index is 5.43. The number of nitrogens with zero attached hydrogens (tertiary/aromatic N) is 1. The zero-order chi connectivity index (χ0) is 6.85. The zero-order valence-corrected chi connectivity index (χ0v) is 5.72. The molecule has 2 N–H and O–H groups in total. The van der Waals surface area contributed by atoms with Crippen molar-refractivity contribution in [1.29, 1.82) is 0 Å². The van der Waals surface area contributed by atoms with Crippen molar-refractivity contribution in [3.05, 3.63) is 17.3 Å². The molecule has 0 saturated heterocycles. The molecule has 0 aliphatic heterocycles. The van der Waals surface area contributed by atoms with Crippen LogP contribution in [0.5, 0.6) is 0 Å². The predicted molar refractivity (Wildman–Crippen MR) is 34.1 cm³/mol. The van der Waals surface area contributed by atoms with E-state index in [0.29, 0.717) is 5.76 Å². The molecule has 1 atom stereocenters. The highest BCUT2D eigenvalue weighted by Gasteiger charge is 2.04. The van der Waals surface area contributed by atoms with E-state index in [0.717, 1.165) is 0 Å². The minimum atomic E-state index is -0.134. The maximum Gasteiger partial charge on any atom is 0.292 e. The molecule has 0 bridgehead atoms. The van der Waals surface area contributed by atoms with Gasteiger partial charge < -0.3 is 10.2 Å². The number of halogens is 1. The highest BCUT2D eigenvalue weighted by atomic mass is 35.5. The Hall–Kier alpha value is -0.540. The van der Waals surface area contributed by atoms with Gasteiger partial charge in [-0.2, -0.15) is 0 Å². The molecule has 1 aromatic heterocycles. The number of aromatic nitrogens is 1. The molecule has 0 aliphatic carbocycles. The lowest BCUT2D eigenvalue weighted by atomic mass is 10.3. The lowest BCUT2D eigenvalue weighted by Crippen LogP contribution is -2.02. The Morgan fingerprint density at radius 2 is 2.56 bits per heavy atom. The van der Waals surface area contributed by atoms with E-state index in [1.54, 1.807) is 6.92 Å². The fourth-order valence-electron chi connectivity index (χ4n) is 0.475. The normalized spacial score (nSPS) is 13.7. The largest absolute Gasteiger partial charge is 0.431 e. The summed E-state index contributed by atoms with van der Waals surface area (Å²) in [6.45, 7) is 1.80. The van der Waals surface area contributed by atoms with Crippen LogP contribution in [0, 0.1) is 0 Å². The van der Waals surface area contributed by atoms with E-state index in [1.807, 2.05) is 0 Å². The van der Waals surface area contributed by atoms with Crippen LogP contribution in [0.2, 0.25) is 5.35 Å². The highest BCUT2D eigenvalue weighted by Crippen LogP contribution is 2.13. The van der Waals surface area contributed by atoms with Crippen molar-refractivity contribution in [2.45, 2.75) is 13.0 Å². The van der Waals surface area contributed by atoms with Crippen molar-refractivity contribution in [2.24, 2.45) is 5.73 Å². The first-order chi connectivity index (χ1) is 4.20. The fourth-order valence-corrected chi connectivity index (χ4v) is 0.613. The van der Waals surface area contributed by atoms with Crippen LogP contribution in [0.3, 0.4) is 0 Å². The van der Waals surface area contributed by atoms with Crippen molar-refractivity contribution in [3.8, 4) is 0 Å². The van der Waals surface area contributed by atoms with Gasteiger partial charge in [-0.3, -0.25) is 0 Å². The number of nitrogens with two attached hydrogens (primary N) is 1. The van der Waals surface area contributed by atoms with Gasteiger partial charge in [0.05, 0.1) is 12.2 Å². The van der Waals surface area contributed by atoms with Gasteiger partial charge in [-0.15, -0.1) is 0 Å². The van der Waals surface area contributed by atoms with Crippen molar-refractivity contribution in [2.75, 3.05) is 0 Å². The van der Waals surface area contributed by atoms with Gasteiger partial charge in [-0.05, 0) is 18.5 Å². The lowest BCUT2D eigenvalue weighted by Gasteiger charge is -1.94. The summed E-state index contributed by atoms with van der Waals surface area (Å²) in [6.07, 6.45) is 1.52. The molecule has 0 aromatic carbocycles. The van der Waals surface area contributed by atoms with Crippen LogP contribution < -0.4 is 5.73 Å². The standard InChI is InChI=1S/C5H7ClN2O/c1-3(7)4-2-8-5(6)9-4/h2-3H,7H2,1H3. The average molecular weight is 147 g/mol. The number of rotatable bonds is 1. The summed E-state index contributed by atoms with van der Waals surface area (Å²) in [6, 6.07) is -0.134. The first-order valence-electron chi connectivity index (χ1n) is 2.57. The van der Waals surface area contributed by atoms with E-state index in [-0.39, 0.29) is 11.4 Å². The van der Waals surface area contributed by atoms with Gasteiger partial charge in [0.15, 0.2) is 0 Å². The number of hydrogen-bond donors (Lipinski definition) is 1. The Kier molecular flexibility index (Phi) is 1.73. The lowest BCUT2D eigenvalue weighted by molar-refractivity contribution is 0.477. The fraction of sp³-hybridized carbons (Fsp3) is 0.400. The van der Waals surface area contributed by atoms with Gasteiger partial charge in [-0.25, -0.2) is 4.98 Å². The smallest absolute Gasteiger partial charge is 0.292 e. The molecule has 0 saturated carbocycles. The van der Waals surface area contributed by atoms with Gasteiger partial charge >= 0.3 is 0 Å². The second-order valence-electron chi connectivity index (χ2n) is 1.80. The molecule has 50 valence electrons. The molecule has 1 rings (SSSR count). The Balaban J connectivity index is 2.85. The zero-order valence-electron chi connectivity index (χ0n) is 4.97. The molecule has 3 nitrogen and oxygen atoms in total. The summed E-state index contributed by atoms with van der Waals surface area (Å²) in [4.78, 5) is 3.66. The molecule has 0 aliphatic rings. The van der Waals surface area contributed by atoms with Crippen LogP contribution >= 0.6 is 11.6 Å². The maximum absolute atomic E-state index is 5.43. The van der Waals surface area contributed by atoms with Gasteiger partial charge in [0, 0.05) is 0 Å². The van der Waals surface area contributed by atoms with E-state index < -0.39 is 0 Å². The summed E-state index contributed by atoms with van der Waals surface area (Å²) in [5, 5.41) is 0.141. The third-order valence-corrected chi connectivity index (χ3v) is 1.12. The van der Waals surface area contributed by atoms with Crippen LogP contribution in [0.4, 0.5) is 0 Å². The summed E-state index contributed by atoms with van der Waals surface area (Å²) >= 11 is 5.37. The summed E-state index contributed by atoms with van der Waals surface area (Å²) in [5.41, 5.74) is 5.43. The van der Waals surface area contributed by atoms with Crippen LogP contribution in [0.25, 0.3) is 0 Å². The molecular weight excluding hydrogens is 140 g/mol. The van der Waals surface area contributed by atoms with Crippen LogP contribution in [0.15, 0.2) is 10.6 Å². The Morgan fingerprint density at radius 1 is 1.89 bits per heavy atom. The average Bonchev–Trinajstić information content (AvgIpc) is 2.14. The molecule has 4 heteroatoms. The minimum Gasteiger partial charge on any atom is -0.431 e. The first kappa shape index (κ1) is 6.58. The highest BCUT2D eigenvalue weighted by molar-refractivity contribution is 6.27. The predicted octanol–water partition coefficient (Wildman–Crippen LogP) is 1.35. The third kappa shape index (κ3) is 1.43. The molecule has 0 fully saturated rings. The third-order valence-electron chi connectivity index (χ3n) is 0.944. The monoisotopic (exact) mass is 146 g/mol. The van der Waals surface area contributed by atoms with Crippen LogP contribution in [0.1, 0.15) is 18.7 Å². The van der Waals surface area contributed by atoms with E-state index in [2.05, 4.69) is 4.98 Å². The molecular formula is C5H7ClN2O. The Bertz CT molecular complexity index is 197. The van der Waals surface area contributed by atoms with Crippen LogP contribution in [-0.2, 0) is 0 Å². The Morgan fingerprint density at radius 3 is 2.78 bits per heavy atom. The quantitative estimate of drug-likeness (QED) is 0.651. The minimum absolute atomic E-state index is 0.134. The van der Waals surface area contributed by atoms with Gasteiger partial charge in [0.1, 0.15) is 5.76 Å².